The van der Waals surface area contributed by atoms with Gasteiger partial charge >= 0.3 is 0 Å². The van der Waals surface area contributed by atoms with Crippen molar-refractivity contribution in [1.29, 1.82) is 0 Å². The Morgan fingerprint density at radius 1 is 1.33 bits per heavy atom. The maximum Gasteiger partial charge on any atom is 0.126 e. The molecule has 1 aromatic carbocycles. The summed E-state index contributed by atoms with van der Waals surface area (Å²) in [4.78, 5) is 0. The Balaban J connectivity index is 1.74. The number of hydrogen-bond acceptors (Lipinski definition) is 2. The van der Waals surface area contributed by atoms with Gasteiger partial charge in [-0.1, -0.05) is 18.2 Å². The van der Waals surface area contributed by atoms with E-state index in [1.807, 2.05) is 0 Å². The molecule has 2 nitrogen and oxygen atoms in total. The fourth-order valence-electron chi connectivity index (χ4n) is 2.43. The molecule has 1 aliphatic heterocycles. The number of benzene rings is 1. The zero-order chi connectivity index (χ0) is 12.8. The van der Waals surface area contributed by atoms with Gasteiger partial charge in [0.05, 0.1) is 12.2 Å². The first-order chi connectivity index (χ1) is 8.75. The summed E-state index contributed by atoms with van der Waals surface area (Å²) < 4.78 is 19.0. The summed E-state index contributed by atoms with van der Waals surface area (Å²) in [7, 11) is 0. The van der Waals surface area contributed by atoms with E-state index in [1.165, 1.54) is 12.5 Å². The highest BCUT2D eigenvalue weighted by Gasteiger charge is 2.16. The molecule has 0 radical (unpaired) electrons. The Kier molecular flexibility index (Phi) is 5.14. The zero-order valence-corrected chi connectivity index (χ0v) is 10.6. The number of hydrogen-bond donors (Lipinski definition) is 1. The third kappa shape index (κ3) is 4.07. The maximum absolute atomic E-state index is 13.4. The van der Waals surface area contributed by atoms with E-state index in [0.29, 0.717) is 18.4 Å². The molecule has 3 heteroatoms. The molecule has 1 fully saturated rings. The number of aliphatic hydroxyl groups excluding tert-OH is 1. The standard InChI is InChI=1S/C15H21FO2/c16-15-7-2-1-5-12(15)11-13(17)8-9-14-6-3-4-10-18-14/h1-2,5,7,13-14,17H,3-4,6,8-11H2. The van der Waals surface area contributed by atoms with Crippen molar-refractivity contribution < 1.29 is 14.2 Å². The Labute approximate surface area is 108 Å². The van der Waals surface area contributed by atoms with Gasteiger partial charge in [-0.2, -0.15) is 0 Å². The second-order valence-corrected chi connectivity index (χ2v) is 5.02. The van der Waals surface area contributed by atoms with Gasteiger partial charge in [-0.15, -0.1) is 0 Å². The molecule has 1 N–H and O–H groups in total. The van der Waals surface area contributed by atoms with Crippen LogP contribution in [-0.2, 0) is 11.2 Å². The quantitative estimate of drug-likeness (QED) is 0.872. The van der Waals surface area contributed by atoms with E-state index in [4.69, 9.17) is 4.74 Å². The van der Waals surface area contributed by atoms with Gasteiger partial charge in [-0.05, 0) is 43.7 Å². The lowest BCUT2D eigenvalue weighted by Crippen LogP contribution is -2.22. The molecule has 0 bridgehead atoms. The molecule has 2 unspecified atom stereocenters. The molecular formula is C15H21FO2. The Morgan fingerprint density at radius 3 is 2.89 bits per heavy atom. The van der Waals surface area contributed by atoms with Crippen molar-refractivity contribution in [1.82, 2.24) is 0 Å². The smallest absolute Gasteiger partial charge is 0.126 e. The number of rotatable bonds is 5. The van der Waals surface area contributed by atoms with Crippen molar-refractivity contribution in [3.05, 3.63) is 35.6 Å². The summed E-state index contributed by atoms with van der Waals surface area (Å²) in [5.74, 6) is -0.231. The van der Waals surface area contributed by atoms with Crippen LogP contribution in [0.15, 0.2) is 24.3 Å². The minimum atomic E-state index is -0.479. The Morgan fingerprint density at radius 2 is 2.17 bits per heavy atom. The van der Waals surface area contributed by atoms with Crippen LogP contribution in [0.2, 0.25) is 0 Å². The lowest BCUT2D eigenvalue weighted by Gasteiger charge is -2.23. The van der Waals surface area contributed by atoms with E-state index in [2.05, 4.69) is 0 Å². The molecule has 2 rings (SSSR count). The molecule has 1 heterocycles. The molecule has 2 atom stereocenters. The second-order valence-electron chi connectivity index (χ2n) is 5.02. The highest BCUT2D eigenvalue weighted by molar-refractivity contribution is 5.17. The van der Waals surface area contributed by atoms with Crippen molar-refractivity contribution in [2.24, 2.45) is 0 Å². The molecule has 0 saturated carbocycles. The largest absolute Gasteiger partial charge is 0.393 e. The summed E-state index contributed by atoms with van der Waals surface area (Å²) in [6.07, 6.45) is 5.20. The first-order valence-electron chi connectivity index (χ1n) is 6.79. The lowest BCUT2D eigenvalue weighted by molar-refractivity contribution is 0.00230. The summed E-state index contributed by atoms with van der Waals surface area (Å²) in [6.45, 7) is 0.841. The SMILES string of the molecule is OC(CCC1CCCCO1)Cc1ccccc1F. The number of halogens is 1. The molecule has 0 spiro atoms. The molecule has 1 aromatic rings. The first kappa shape index (κ1) is 13.5. The van der Waals surface area contributed by atoms with Crippen LogP contribution in [-0.4, -0.2) is 23.9 Å². The van der Waals surface area contributed by atoms with Crippen LogP contribution in [0.1, 0.15) is 37.7 Å². The Bertz CT molecular complexity index is 361. The fourth-order valence-corrected chi connectivity index (χ4v) is 2.43. The highest BCUT2D eigenvalue weighted by atomic mass is 19.1. The predicted octanol–water partition coefficient (Wildman–Crippen LogP) is 3.08. The number of ether oxygens (including phenoxy) is 1. The van der Waals surface area contributed by atoms with Crippen LogP contribution >= 0.6 is 0 Å². The molecular weight excluding hydrogens is 231 g/mol. The van der Waals surface area contributed by atoms with Gasteiger partial charge in [-0.3, -0.25) is 0 Å². The molecule has 1 aliphatic rings. The number of aliphatic hydroxyl groups is 1. The molecule has 0 aromatic heterocycles. The van der Waals surface area contributed by atoms with Crippen molar-refractivity contribution in [2.75, 3.05) is 6.61 Å². The molecule has 18 heavy (non-hydrogen) atoms. The van der Waals surface area contributed by atoms with Crippen molar-refractivity contribution in [3.8, 4) is 0 Å². The minimum absolute atomic E-state index is 0.231. The molecule has 0 aliphatic carbocycles. The van der Waals surface area contributed by atoms with E-state index < -0.39 is 6.10 Å². The summed E-state index contributed by atoms with van der Waals surface area (Å²) in [6, 6.07) is 6.64. The summed E-state index contributed by atoms with van der Waals surface area (Å²) in [5.41, 5.74) is 0.592. The van der Waals surface area contributed by atoms with Crippen molar-refractivity contribution in [2.45, 2.75) is 50.7 Å². The van der Waals surface area contributed by atoms with E-state index >= 15 is 0 Å². The van der Waals surface area contributed by atoms with Crippen LogP contribution in [0.4, 0.5) is 4.39 Å². The first-order valence-corrected chi connectivity index (χ1v) is 6.79. The molecule has 1 saturated heterocycles. The Hall–Kier alpha value is -0.930. The summed E-state index contributed by atoms with van der Waals surface area (Å²) >= 11 is 0. The zero-order valence-electron chi connectivity index (χ0n) is 10.6. The fraction of sp³-hybridized carbons (Fsp3) is 0.600. The van der Waals surface area contributed by atoms with Crippen molar-refractivity contribution in [3.63, 3.8) is 0 Å². The van der Waals surface area contributed by atoms with E-state index in [1.54, 1.807) is 18.2 Å². The average molecular weight is 252 g/mol. The highest BCUT2D eigenvalue weighted by Crippen LogP contribution is 2.19. The van der Waals surface area contributed by atoms with Crippen LogP contribution in [0, 0.1) is 5.82 Å². The van der Waals surface area contributed by atoms with Gasteiger partial charge in [0, 0.05) is 13.0 Å². The van der Waals surface area contributed by atoms with Crippen molar-refractivity contribution >= 4 is 0 Å². The minimum Gasteiger partial charge on any atom is -0.393 e. The van der Waals surface area contributed by atoms with Gasteiger partial charge < -0.3 is 9.84 Å². The van der Waals surface area contributed by atoms with Gasteiger partial charge in [0.25, 0.3) is 0 Å². The maximum atomic E-state index is 13.4. The van der Waals surface area contributed by atoms with Crippen LogP contribution < -0.4 is 0 Å². The lowest BCUT2D eigenvalue weighted by atomic mass is 9.99. The summed E-state index contributed by atoms with van der Waals surface area (Å²) in [5, 5.41) is 9.94. The van der Waals surface area contributed by atoms with E-state index in [-0.39, 0.29) is 11.9 Å². The van der Waals surface area contributed by atoms with Gasteiger partial charge in [0.15, 0.2) is 0 Å². The third-order valence-electron chi connectivity index (χ3n) is 3.51. The normalized spacial score (nSPS) is 21.8. The molecule has 100 valence electrons. The van der Waals surface area contributed by atoms with Crippen LogP contribution in [0.3, 0.4) is 0 Å². The van der Waals surface area contributed by atoms with E-state index in [9.17, 15) is 9.50 Å². The predicted molar refractivity (Wildman–Crippen MR) is 68.9 cm³/mol. The van der Waals surface area contributed by atoms with E-state index in [0.717, 1.165) is 25.9 Å². The van der Waals surface area contributed by atoms with Crippen LogP contribution in [0.25, 0.3) is 0 Å². The average Bonchev–Trinajstić information content (AvgIpc) is 2.40. The topological polar surface area (TPSA) is 29.5 Å². The van der Waals surface area contributed by atoms with Gasteiger partial charge in [0.2, 0.25) is 0 Å². The third-order valence-corrected chi connectivity index (χ3v) is 3.51. The molecule has 0 amide bonds. The monoisotopic (exact) mass is 252 g/mol. The van der Waals surface area contributed by atoms with Gasteiger partial charge in [-0.25, -0.2) is 4.39 Å². The van der Waals surface area contributed by atoms with Gasteiger partial charge in [0.1, 0.15) is 5.82 Å². The van der Waals surface area contributed by atoms with Crippen LogP contribution in [0.5, 0.6) is 0 Å². The second kappa shape index (κ2) is 6.86.